The van der Waals surface area contributed by atoms with E-state index in [2.05, 4.69) is 0 Å². The smallest absolute Gasteiger partial charge is 0.353 e. The minimum absolute atomic E-state index is 0.0534. The van der Waals surface area contributed by atoms with Crippen molar-refractivity contribution in [2.24, 2.45) is 0 Å². The Labute approximate surface area is 82.0 Å². The molecular weight excluding hydrogens is 204 g/mol. The molecule has 0 aromatic carbocycles. The maximum absolute atomic E-state index is 11.4. The van der Waals surface area contributed by atoms with Crippen LogP contribution in [0.2, 0.25) is 0 Å². The van der Waals surface area contributed by atoms with Crippen LogP contribution in [-0.2, 0) is 0 Å². The fraction of sp³-hybridized carbons (Fsp3) is 0. The maximum Gasteiger partial charge on any atom is 0.353 e. The standard InChI is InChI=1S/C8H6N2O3S/c9-4-1-2-6(11)10-5(8(12)13)3-14-7(4)10/h1-3H,9H2,(H,12,13). The van der Waals surface area contributed by atoms with E-state index < -0.39 is 5.97 Å². The molecule has 0 aliphatic carbocycles. The minimum atomic E-state index is -1.14. The molecule has 3 N–H and O–H groups in total. The zero-order valence-corrected chi connectivity index (χ0v) is 7.75. The quantitative estimate of drug-likeness (QED) is 0.723. The third-order valence-corrected chi connectivity index (χ3v) is 2.80. The number of hydrogen-bond acceptors (Lipinski definition) is 4. The van der Waals surface area contributed by atoms with Crippen molar-refractivity contribution in [2.45, 2.75) is 0 Å². The van der Waals surface area contributed by atoms with Crippen molar-refractivity contribution in [2.75, 3.05) is 5.73 Å². The number of nitrogens with two attached hydrogens (primary N) is 1. The Hall–Kier alpha value is -1.82. The van der Waals surface area contributed by atoms with E-state index in [4.69, 9.17) is 10.8 Å². The minimum Gasteiger partial charge on any atom is -0.477 e. The van der Waals surface area contributed by atoms with Gasteiger partial charge in [0.25, 0.3) is 5.56 Å². The lowest BCUT2D eigenvalue weighted by atomic mass is 10.4. The molecule has 0 fully saturated rings. The number of aromatic nitrogens is 1. The SMILES string of the molecule is Nc1ccc(=O)n2c(C(=O)O)csc12. The van der Waals surface area contributed by atoms with Gasteiger partial charge in [-0.1, -0.05) is 0 Å². The molecule has 0 bridgehead atoms. The maximum atomic E-state index is 11.4. The van der Waals surface area contributed by atoms with Crippen molar-refractivity contribution in [3.63, 3.8) is 0 Å². The van der Waals surface area contributed by atoms with Crippen LogP contribution in [0.15, 0.2) is 22.3 Å². The third-order valence-electron chi connectivity index (χ3n) is 1.82. The fourth-order valence-corrected chi connectivity index (χ4v) is 2.12. The molecule has 0 saturated heterocycles. The molecule has 0 radical (unpaired) electrons. The number of carboxylic acids is 1. The number of carboxylic acid groups (broad SMARTS) is 1. The molecule has 0 amide bonds. The van der Waals surface area contributed by atoms with Gasteiger partial charge in [-0.2, -0.15) is 0 Å². The van der Waals surface area contributed by atoms with Crippen LogP contribution in [0.1, 0.15) is 10.5 Å². The normalized spacial score (nSPS) is 10.6. The third kappa shape index (κ3) is 1.08. The van der Waals surface area contributed by atoms with Crippen molar-refractivity contribution < 1.29 is 9.90 Å². The second-order valence-corrected chi connectivity index (χ2v) is 3.55. The number of pyridine rings is 1. The largest absolute Gasteiger partial charge is 0.477 e. The van der Waals surface area contributed by atoms with E-state index in [1.54, 1.807) is 0 Å². The molecule has 5 nitrogen and oxygen atoms in total. The molecule has 2 aromatic rings. The summed E-state index contributed by atoms with van der Waals surface area (Å²) in [5.41, 5.74) is 5.57. The summed E-state index contributed by atoms with van der Waals surface area (Å²) in [6, 6.07) is 2.72. The predicted octanol–water partition coefficient (Wildman–Crippen LogP) is 0.641. The van der Waals surface area contributed by atoms with E-state index in [0.717, 1.165) is 15.7 Å². The van der Waals surface area contributed by atoms with Crippen LogP contribution < -0.4 is 11.3 Å². The Morgan fingerprint density at radius 1 is 1.50 bits per heavy atom. The molecule has 2 rings (SSSR count). The Morgan fingerprint density at radius 2 is 2.21 bits per heavy atom. The van der Waals surface area contributed by atoms with E-state index in [1.807, 2.05) is 0 Å². The summed E-state index contributed by atoms with van der Waals surface area (Å²) < 4.78 is 1.10. The van der Waals surface area contributed by atoms with Crippen LogP contribution >= 0.6 is 11.3 Å². The zero-order valence-electron chi connectivity index (χ0n) is 6.93. The average molecular weight is 210 g/mol. The van der Waals surface area contributed by atoms with E-state index in [9.17, 15) is 9.59 Å². The molecule has 0 aliphatic heterocycles. The average Bonchev–Trinajstić information content (AvgIpc) is 2.56. The topological polar surface area (TPSA) is 84.8 Å². The van der Waals surface area contributed by atoms with Gasteiger partial charge in [0.2, 0.25) is 0 Å². The Balaban J connectivity index is 2.98. The van der Waals surface area contributed by atoms with Gasteiger partial charge >= 0.3 is 5.97 Å². The van der Waals surface area contributed by atoms with Gasteiger partial charge in [0, 0.05) is 11.4 Å². The Bertz CT molecular complexity index is 569. The van der Waals surface area contributed by atoms with Crippen LogP contribution in [0.4, 0.5) is 5.69 Å². The van der Waals surface area contributed by atoms with Crippen LogP contribution in [-0.4, -0.2) is 15.5 Å². The zero-order chi connectivity index (χ0) is 10.3. The van der Waals surface area contributed by atoms with Gasteiger partial charge in [-0.15, -0.1) is 11.3 Å². The molecule has 14 heavy (non-hydrogen) atoms. The molecule has 72 valence electrons. The number of nitrogens with zero attached hydrogens (tertiary/aromatic N) is 1. The molecule has 0 aliphatic rings. The second kappa shape index (κ2) is 2.85. The van der Waals surface area contributed by atoms with E-state index in [1.165, 1.54) is 17.5 Å². The molecule has 0 saturated carbocycles. The molecule has 6 heteroatoms. The highest BCUT2D eigenvalue weighted by Gasteiger charge is 2.13. The monoisotopic (exact) mass is 210 g/mol. The van der Waals surface area contributed by atoms with E-state index in [0.29, 0.717) is 10.5 Å². The van der Waals surface area contributed by atoms with Gasteiger partial charge in [-0.05, 0) is 6.07 Å². The number of aromatic carboxylic acids is 1. The van der Waals surface area contributed by atoms with Gasteiger partial charge in [0.05, 0.1) is 5.69 Å². The number of fused-ring (bicyclic) bond motifs is 1. The number of nitrogen functional groups attached to an aromatic ring is 1. The summed E-state index contributed by atoms with van der Waals surface area (Å²) in [7, 11) is 0. The Kier molecular flexibility index (Phi) is 1.78. The number of anilines is 1. The fourth-order valence-electron chi connectivity index (χ4n) is 1.20. The van der Waals surface area contributed by atoms with Crippen molar-refractivity contribution in [3.05, 3.63) is 33.6 Å². The highest BCUT2D eigenvalue weighted by Crippen LogP contribution is 2.19. The highest BCUT2D eigenvalue weighted by atomic mass is 32.1. The van der Waals surface area contributed by atoms with Crippen LogP contribution in [0.25, 0.3) is 4.83 Å². The molecule has 0 unspecified atom stereocenters. The summed E-state index contributed by atoms with van der Waals surface area (Å²) in [4.78, 5) is 22.6. The Morgan fingerprint density at radius 3 is 2.86 bits per heavy atom. The van der Waals surface area contributed by atoms with Crippen LogP contribution in [0.5, 0.6) is 0 Å². The molecule has 0 spiro atoms. The lowest BCUT2D eigenvalue weighted by Crippen LogP contribution is -2.16. The lowest BCUT2D eigenvalue weighted by molar-refractivity contribution is 0.0689. The van der Waals surface area contributed by atoms with Crippen molar-refractivity contribution in [1.82, 2.24) is 4.40 Å². The summed E-state index contributed by atoms with van der Waals surface area (Å²) >= 11 is 1.14. The highest BCUT2D eigenvalue weighted by molar-refractivity contribution is 7.16. The first kappa shape index (κ1) is 8.76. The second-order valence-electron chi connectivity index (χ2n) is 2.69. The van der Waals surface area contributed by atoms with Gasteiger partial charge in [-0.25, -0.2) is 4.79 Å². The van der Waals surface area contributed by atoms with Crippen molar-refractivity contribution >= 4 is 27.8 Å². The van der Waals surface area contributed by atoms with Gasteiger partial charge in [-0.3, -0.25) is 9.20 Å². The van der Waals surface area contributed by atoms with Gasteiger partial charge in [0.15, 0.2) is 0 Å². The number of thiazole rings is 1. The van der Waals surface area contributed by atoms with Crippen LogP contribution in [0.3, 0.4) is 0 Å². The summed E-state index contributed by atoms with van der Waals surface area (Å²) in [6.07, 6.45) is 0. The molecule has 0 atom stereocenters. The first-order valence-electron chi connectivity index (χ1n) is 3.73. The van der Waals surface area contributed by atoms with Crippen molar-refractivity contribution in [1.29, 1.82) is 0 Å². The van der Waals surface area contributed by atoms with Gasteiger partial charge in [0.1, 0.15) is 10.5 Å². The first-order chi connectivity index (χ1) is 6.61. The summed E-state index contributed by atoms with van der Waals surface area (Å²) in [5, 5.41) is 10.2. The molecule has 2 heterocycles. The summed E-state index contributed by atoms with van der Waals surface area (Å²) in [5.74, 6) is -1.14. The van der Waals surface area contributed by atoms with Crippen LogP contribution in [0, 0.1) is 0 Å². The first-order valence-corrected chi connectivity index (χ1v) is 4.61. The number of hydrogen-bond donors (Lipinski definition) is 2. The number of rotatable bonds is 1. The molecule has 2 aromatic heterocycles. The summed E-state index contributed by atoms with van der Waals surface area (Å²) in [6.45, 7) is 0. The number of carbonyl (C=O) groups is 1. The molecular formula is C8H6N2O3S. The lowest BCUT2D eigenvalue weighted by Gasteiger charge is -1.97. The van der Waals surface area contributed by atoms with Crippen molar-refractivity contribution in [3.8, 4) is 0 Å². The van der Waals surface area contributed by atoms with E-state index in [-0.39, 0.29) is 11.3 Å². The van der Waals surface area contributed by atoms with Gasteiger partial charge < -0.3 is 10.8 Å². The van der Waals surface area contributed by atoms with E-state index >= 15 is 0 Å². The predicted molar refractivity (Wildman–Crippen MR) is 52.9 cm³/mol.